The van der Waals surface area contributed by atoms with Gasteiger partial charge in [-0.25, -0.2) is 0 Å². The van der Waals surface area contributed by atoms with Gasteiger partial charge in [0.1, 0.15) is 5.76 Å². The minimum atomic E-state index is -0.294. The largest absolute Gasteiger partial charge is 0.450 e. The van der Waals surface area contributed by atoms with Gasteiger partial charge in [0.05, 0.1) is 4.91 Å². The van der Waals surface area contributed by atoms with Crippen LogP contribution in [0.5, 0.6) is 0 Å². The van der Waals surface area contributed by atoms with Crippen molar-refractivity contribution in [1.82, 2.24) is 4.90 Å². The normalized spacial score (nSPS) is 19.3. The first kappa shape index (κ1) is 10.5. The Morgan fingerprint density at radius 3 is 2.67 bits per heavy atom. The molecule has 0 unspecified atom stereocenters. The van der Waals surface area contributed by atoms with Crippen LogP contribution in [0.2, 0.25) is 0 Å². The highest BCUT2D eigenvalue weighted by molar-refractivity contribution is 9.10. The van der Waals surface area contributed by atoms with Crippen LogP contribution in [0.3, 0.4) is 0 Å². The summed E-state index contributed by atoms with van der Waals surface area (Å²) in [5, 5.41) is -0.267. The highest BCUT2D eigenvalue weighted by atomic mass is 79.9. The SMILES string of the molecule is CN1C(=O)S/C(=C\c2ccc(Br)o2)C1=O. The third-order valence-electron chi connectivity index (χ3n) is 1.85. The Morgan fingerprint density at radius 1 is 1.47 bits per heavy atom. The van der Waals surface area contributed by atoms with Crippen molar-refractivity contribution in [3.05, 3.63) is 27.5 Å². The molecule has 0 N–H and O–H groups in total. The van der Waals surface area contributed by atoms with Crippen molar-refractivity contribution in [2.24, 2.45) is 0 Å². The lowest BCUT2D eigenvalue weighted by Gasteiger charge is -2.00. The van der Waals surface area contributed by atoms with Crippen molar-refractivity contribution < 1.29 is 14.0 Å². The molecule has 0 atom stereocenters. The molecule has 4 nitrogen and oxygen atoms in total. The molecule has 1 aliphatic rings. The maximum Gasteiger partial charge on any atom is 0.293 e. The van der Waals surface area contributed by atoms with Gasteiger partial charge in [0, 0.05) is 13.1 Å². The summed E-state index contributed by atoms with van der Waals surface area (Å²) in [6, 6.07) is 3.44. The average molecular weight is 288 g/mol. The number of amides is 2. The predicted molar refractivity (Wildman–Crippen MR) is 60.1 cm³/mol. The minimum Gasteiger partial charge on any atom is -0.450 e. The van der Waals surface area contributed by atoms with Crippen molar-refractivity contribution in [3.8, 4) is 0 Å². The number of hydrogen-bond donors (Lipinski definition) is 0. The standard InChI is InChI=1S/C9H6BrNO3S/c1-11-8(12)6(15-9(11)13)4-5-2-3-7(10)14-5/h2-4H,1H3/b6-4-. The fourth-order valence-electron chi connectivity index (χ4n) is 1.08. The van der Waals surface area contributed by atoms with Gasteiger partial charge in [-0.3, -0.25) is 14.5 Å². The second-order valence-corrected chi connectivity index (χ2v) is 4.66. The zero-order chi connectivity index (χ0) is 11.0. The van der Waals surface area contributed by atoms with E-state index in [9.17, 15) is 9.59 Å². The van der Waals surface area contributed by atoms with Crippen LogP contribution in [0.1, 0.15) is 5.76 Å². The maximum absolute atomic E-state index is 11.5. The Balaban J connectivity index is 2.29. The molecular formula is C9H6BrNO3S. The quantitative estimate of drug-likeness (QED) is 0.745. The molecule has 0 bridgehead atoms. The van der Waals surface area contributed by atoms with E-state index >= 15 is 0 Å². The molecule has 2 rings (SSSR count). The number of hydrogen-bond acceptors (Lipinski definition) is 4. The molecule has 0 saturated carbocycles. The van der Waals surface area contributed by atoms with Crippen LogP contribution in [0.4, 0.5) is 4.79 Å². The fraction of sp³-hybridized carbons (Fsp3) is 0.111. The highest BCUT2D eigenvalue weighted by Gasteiger charge is 2.31. The molecule has 1 aromatic heterocycles. The van der Waals surface area contributed by atoms with E-state index in [2.05, 4.69) is 15.9 Å². The van der Waals surface area contributed by atoms with Crippen LogP contribution in [0.15, 0.2) is 26.1 Å². The van der Waals surface area contributed by atoms with Gasteiger partial charge in [-0.2, -0.15) is 0 Å². The molecule has 0 aliphatic carbocycles. The summed E-state index contributed by atoms with van der Waals surface area (Å²) in [5.74, 6) is 0.248. The number of carbonyl (C=O) groups is 2. The van der Waals surface area contributed by atoms with E-state index in [-0.39, 0.29) is 11.1 Å². The third kappa shape index (κ3) is 2.00. The number of rotatable bonds is 1. The smallest absolute Gasteiger partial charge is 0.293 e. The highest BCUT2D eigenvalue weighted by Crippen LogP contribution is 2.31. The molecule has 1 aromatic rings. The van der Waals surface area contributed by atoms with E-state index in [4.69, 9.17) is 4.42 Å². The number of nitrogens with zero attached hydrogens (tertiary/aromatic N) is 1. The van der Waals surface area contributed by atoms with E-state index < -0.39 is 0 Å². The Morgan fingerprint density at radius 2 is 2.20 bits per heavy atom. The summed E-state index contributed by atoms with van der Waals surface area (Å²) in [6.45, 7) is 0. The molecule has 6 heteroatoms. The van der Waals surface area contributed by atoms with Gasteiger partial charge in [0.2, 0.25) is 0 Å². The monoisotopic (exact) mass is 287 g/mol. The van der Waals surface area contributed by atoms with Crippen molar-refractivity contribution in [3.63, 3.8) is 0 Å². The zero-order valence-electron chi connectivity index (χ0n) is 7.69. The molecule has 2 amide bonds. The van der Waals surface area contributed by atoms with E-state index in [0.717, 1.165) is 16.7 Å². The van der Waals surface area contributed by atoms with E-state index in [0.29, 0.717) is 15.3 Å². The molecule has 1 fully saturated rings. The third-order valence-corrected chi connectivity index (χ3v) is 3.24. The lowest BCUT2D eigenvalue weighted by atomic mass is 10.4. The van der Waals surface area contributed by atoms with Gasteiger partial charge in [-0.1, -0.05) is 0 Å². The van der Waals surface area contributed by atoms with E-state index in [1.807, 2.05) is 0 Å². The molecule has 0 radical (unpaired) electrons. The van der Waals surface area contributed by atoms with Crippen molar-refractivity contribution >= 4 is 44.9 Å². The van der Waals surface area contributed by atoms with Crippen molar-refractivity contribution in [1.29, 1.82) is 0 Å². The summed E-state index contributed by atoms with van der Waals surface area (Å²) < 4.78 is 5.80. The fourth-order valence-corrected chi connectivity index (χ4v) is 2.21. The van der Waals surface area contributed by atoms with Crippen LogP contribution < -0.4 is 0 Å². The number of furan rings is 1. The number of likely N-dealkylation sites (N-methyl/N-ethyl adjacent to an activating group) is 1. The number of imide groups is 1. The summed E-state index contributed by atoms with van der Waals surface area (Å²) in [6.07, 6.45) is 1.55. The van der Waals surface area contributed by atoms with Gasteiger partial charge < -0.3 is 4.42 Å². The van der Waals surface area contributed by atoms with Gasteiger partial charge in [0.15, 0.2) is 4.67 Å². The molecular weight excluding hydrogens is 282 g/mol. The van der Waals surface area contributed by atoms with Crippen molar-refractivity contribution in [2.75, 3.05) is 7.05 Å². The second kappa shape index (κ2) is 3.86. The van der Waals surface area contributed by atoms with E-state index in [1.165, 1.54) is 7.05 Å². The molecule has 1 aliphatic heterocycles. The minimum absolute atomic E-state index is 0.267. The summed E-state index contributed by atoms with van der Waals surface area (Å²) >= 11 is 4.06. The first-order valence-corrected chi connectivity index (χ1v) is 5.66. The zero-order valence-corrected chi connectivity index (χ0v) is 10.1. The van der Waals surface area contributed by atoms with Gasteiger partial charge in [-0.05, 0) is 39.8 Å². The molecule has 1 saturated heterocycles. The lowest BCUT2D eigenvalue weighted by Crippen LogP contribution is -2.22. The Bertz CT molecular complexity index is 466. The molecule has 0 aromatic carbocycles. The number of halogens is 1. The van der Waals surface area contributed by atoms with Gasteiger partial charge >= 0.3 is 0 Å². The van der Waals surface area contributed by atoms with Gasteiger partial charge in [-0.15, -0.1) is 0 Å². The van der Waals surface area contributed by atoms with Crippen LogP contribution in [-0.2, 0) is 4.79 Å². The van der Waals surface area contributed by atoms with Crippen LogP contribution >= 0.6 is 27.7 Å². The Kier molecular flexibility index (Phi) is 2.70. The topological polar surface area (TPSA) is 50.5 Å². The van der Waals surface area contributed by atoms with Gasteiger partial charge in [0.25, 0.3) is 11.1 Å². The Hall–Kier alpha value is -1.01. The average Bonchev–Trinajstić information content (AvgIpc) is 2.68. The first-order chi connectivity index (χ1) is 7.08. The molecule has 0 spiro atoms. The summed E-state index contributed by atoms with van der Waals surface area (Å²) in [4.78, 5) is 24.1. The number of carbonyl (C=O) groups excluding carboxylic acids is 2. The first-order valence-electron chi connectivity index (χ1n) is 4.05. The molecule has 78 valence electrons. The van der Waals surface area contributed by atoms with Crippen LogP contribution in [-0.4, -0.2) is 23.1 Å². The molecule has 2 heterocycles. The summed E-state index contributed by atoms with van der Waals surface area (Å²) in [5.41, 5.74) is 0. The maximum atomic E-state index is 11.5. The molecule has 15 heavy (non-hydrogen) atoms. The number of thioether (sulfide) groups is 1. The summed E-state index contributed by atoms with van der Waals surface area (Å²) in [7, 11) is 1.45. The van der Waals surface area contributed by atoms with Crippen LogP contribution in [0, 0.1) is 0 Å². The lowest BCUT2D eigenvalue weighted by molar-refractivity contribution is -0.121. The Labute approximate surface area is 98.4 Å². The van der Waals surface area contributed by atoms with E-state index in [1.54, 1.807) is 18.2 Å². The van der Waals surface area contributed by atoms with Crippen molar-refractivity contribution in [2.45, 2.75) is 0 Å². The second-order valence-electron chi connectivity index (χ2n) is 2.88. The van der Waals surface area contributed by atoms with Crippen LogP contribution in [0.25, 0.3) is 6.08 Å². The predicted octanol–water partition coefficient (Wildman–Crippen LogP) is 2.71.